The summed E-state index contributed by atoms with van der Waals surface area (Å²) in [4.78, 5) is 9.44. The van der Waals surface area contributed by atoms with Crippen LogP contribution in [0.4, 0.5) is 14.5 Å². The van der Waals surface area contributed by atoms with Crippen LogP contribution in [0.25, 0.3) is 0 Å². The predicted octanol–water partition coefficient (Wildman–Crippen LogP) is 1.13. The average molecular weight is 232 g/mol. The molecule has 0 aliphatic carbocycles. The molecule has 1 atom stereocenters. The van der Waals surface area contributed by atoms with Gasteiger partial charge < -0.3 is 10.4 Å². The summed E-state index contributed by atoms with van der Waals surface area (Å²) >= 11 is 0. The van der Waals surface area contributed by atoms with E-state index in [1.54, 1.807) is 0 Å². The molecule has 0 heterocycles. The zero-order chi connectivity index (χ0) is 12.3. The van der Waals surface area contributed by atoms with Gasteiger partial charge in [0.05, 0.1) is 16.6 Å². The number of nitrogens with one attached hydrogen (secondary N) is 1. The molecule has 7 heteroatoms. The van der Waals surface area contributed by atoms with Crippen LogP contribution in [-0.4, -0.2) is 23.6 Å². The van der Waals surface area contributed by atoms with Gasteiger partial charge in [-0.05, 0) is 13.1 Å². The van der Waals surface area contributed by atoms with Crippen LogP contribution in [0, 0.1) is 21.7 Å². The van der Waals surface area contributed by atoms with Crippen molar-refractivity contribution in [1.82, 2.24) is 5.32 Å². The van der Waals surface area contributed by atoms with Gasteiger partial charge in [0.1, 0.15) is 5.82 Å². The van der Waals surface area contributed by atoms with Gasteiger partial charge in [-0.25, -0.2) is 4.39 Å². The van der Waals surface area contributed by atoms with Gasteiger partial charge >= 0.3 is 5.69 Å². The third kappa shape index (κ3) is 2.31. The molecule has 0 saturated heterocycles. The molecule has 0 saturated carbocycles. The van der Waals surface area contributed by atoms with Crippen LogP contribution in [0.3, 0.4) is 0 Å². The number of hydrogen-bond donors (Lipinski definition) is 2. The predicted molar refractivity (Wildman–Crippen MR) is 51.9 cm³/mol. The van der Waals surface area contributed by atoms with E-state index in [1.165, 1.54) is 7.05 Å². The molecule has 0 aliphatic rings. The van der Waals surface area contributed by atoms with Crippen molar-refractivity contribution in [3.63, 3.8) is 0 Å². The van der Waals surface area contributed by atoms with Crippen molar-refractivity contribution >= 4 is 5.69 Å². The summed E-state index contributed by atoms with van der Waals surface area (Å²) in [6.07, 6.45) is -1.47. The Hall–Kier alpha value is -1.60. The Labute approximate surface area is 89.9 Å². The van der Waals surface area contributed by atoms with Crippen LogP contribution < -0.4 is 5.32 Å². The van der Waals surface area contributed by atoms with Crippen molar-refractivity contribution in [2.45, 2.75) is 6.10 Å². The number of likely N-dealkylation sites (N-methyl/N-ethyl adjacent to an activating group) is 1. The second-order valence-corrected chi connectivity index (χ2v) is 3.12. The van der Waals surface area contributed by atoms with Gasteiger partial charge in [-0.2, -0.15) is 4.39 Å². The van der Waals surface area contributed by atoms with Gasteiger partial charge in [0.15, 0.2) is 0 Å². The highest BCUT2D eigenvalue weighted by Gasteiger charge is 2.25. The SMILES string of the molecule is CNCC(O)c1c(F)ccc([N+](=O)[O-])c1F. The molecule has 88 valence electrons. The van der Waals surface area contributed by atoms with Gasteiger partial charge in [-0.15, -0.1) is 0 Å². The van der Waals surface area contributed by atoms with Gasteiger partial charge in [-0.3, -0.25) is 10.1 Å². The lowest BCUT2D eigenvalue weighted by Crippen LogP contribution is -2.19. The monoisotopic (exact) mass is 232 g/mol. The number of halogens is 2. The molecule has 1 aromatic rings. The fraction of sp³-hybridized carbons (Fsp3) is 0.333. The molecule has 0 radical (unpaired) electrons. The fourth-order valence-corrected chi connectivity index (χ4v) is 1.30. The molecule has 1 rings (SSSR count). The molecule has 0 bridgehead atoms. The number of nitrogens with zero attached hydrogens (tertiary/aromatic N) is 1. The topological polar surface area (TPSA) is 75.4 Å². The lowest BCUT2D eigenvalue weighted by molar-refractivity contribution is -0.387. The minimum atomic E-state index is -1.47. The van der Waals surface area contributed by atoms with Gasteiger partial charge in [0, 0.05) is 12.6 Å². The van der Waals surface area contributed by atoms with E-state index in [-0.39, 0.29) is 6.54 Å². The minimum absolute atomic E-state index is 0.102. The Bertz CT molecular complexity index is 412. The van der Waals surface area contributed by atoms with Crippen molar-refractivity contribution in [2.24, 2.45) is 0 Å². The highest BCUT2D eigenvalue weighted by Crippen LogP contribution is 2.27. The van der Waals surface area contributed by atoms with E-state index in [0.29, 0.717) is 0 Å². The Balaban J connectivity index is 3.26. The molecular formula is C9H10F2N2O3. The lowest BCUT2D eigenvalue weighted by Gasteiger charge is -2.12. The standard InChI is InChI=1S/C9H10F2N2O3/c1-12-4-7(14)8-5(10)2-3-6(9(8)11)13(15)16/h2-3,7,12,14H,4H2,1H3. The number of nitro groups is 1. The van der Waals surface area contributed by atoms with Crippen molar-refractivity contribution in [2.75, 3.05) is 13.6 Å². The molecule has 1 aromatic carbocycles. The van der Waals surface area contributed by atoms with Crippen molar-refractivity contribution in [3.05, 3.63) is 39.4 Å². The number of hydrogen-bond acceptors (Lipinski definition) is 4. The van der Waals surface area contributed by atoms with E-state index in [9.17, 15) is 24.0 Å². The summed E-state index contributed by atoms with van der Waals surface area (Å²) in [6.45, 7) is -0.102. The lowest BCUT2D eigenvalue weighted by atomic mass is 10.1. The Kier molecular flexibility index (Phi) is 3.86. The van der Waals surface area contributed by atoms with Gasteiger partial charge in [-0.1, -0.05) is 0 Å². The van der Waals surface area contributed by atoms with E-state index in [2.05, 4.69) is 5.32 Å². The van der Waals surface area contributed by atoms with Crippen LogP contribution in [0.2, 0.25) is 0 Å². The second-order valence-electron chi connectivity index (χ2n) is 3.12. The molecule has 0 aliphatic heterocycles. The summed E-state index contributed by atoms with van der Waals surface area (Å²) < 4.78 is 26.7. The highest BCUT2D eigenvalue weighted by atomic mass is 19.1. The van der Waals surface area contributed by atoms with Crippen molar-refractivity contribution < 1.29 is 18.8 Å². The maximum atomic E-state index is 13.5. The van der Waals surface area contributed by atoms with Crippen LogP contribution >= 0.6 is 0 Å². The van der Waals surface area contributed by atoms with E-state index in [0.717, 1.165) is 12.1 Å². The largest absolute Gasteiger partial charge is 0.387 e. The number of benzene rings is 1. The van der Waals surface area contributed by atoms with Crippen molar-refractivity contribution in [1.29, 1.82) is 0 Å². The summed E-state index contributed by atoms with van der Waals surface area (Å²) in [5.41, 5.74) is -1.55. The molecule has 0 aromatic heterocycles. The molecule has 16 heavy (non-hydrogen) atoms. The quantitative estimate of drug-likeness (QED) is 0.602. The molecule has 0 fully saturated rings. The van der Waals surface area contributed by atoms with E-state index >= 15 is 0 Å². The molecule has 5 nitrogen and oxygen atoms in total. The molecule has 2 N–H and O–H groups in total. The number of aliphatic hydroxyl groups excluding tert-OH is 1. The zero-order valence-electron chi connectivity index (χ0n) is 8.41. The first kappa shape index (κ1) is 12.5. The van der Waals surface area contributed by atoms with Crippen LogP contribution in [-0.2, 0) is 0 Å². The van der Waals surface area contributed by atoms with E-state index < -0.39 is 33.9 Å². The average Bonchev–Trinajstić information content (AvgIpc) is 2.17. The van der Waals surface area contributed by atoms with Gasteiger partial charge in [0.2, 0.25) is 5.82 Å². The zero-order valence-corrected chi connectivity index (χ0v) is 8.41. The normalized spacial score (nSPS) is 12.5. The first-order chi connectivity index (χ1) is 7.49. The fourth-order valence-electron chi connectivity index (χ4n) is 1.30. The number of nitro benzene ring substituents is 1. The third-order valence-corrected chi connectivity index (χ3v) is 2.03. The molecule has 0 amide bonds. The third-order valence-electron chi connectivity index (χ3n) is 2.03. The molecule has 1 unspecified atom stereocenters. The summed E-state index contributed by atoms with van der Waals surface area (Å²) in [7, 11) is 1.48. The van der Waals surface area contributed by atoms with Gasteiger partial charge in [0.25, 0.3) is 0 Å². The highest BCUT2D eigenvalue weighted by molar-refractivity contribution is 5.38. The summed E-state index contributed by atoms with van der Waals surface area (Å²) in [6, 6.07) is 1.48. The maximum absolute atomic E-state index is 13.5. The van der Waals surface area contributed by atoms with Crippen LogP contribution in [0.15, 0.2) is 12.1 Å². The Morgan fingerprint density at radius 2 is 2.19 bits per heavy atom. The van der Waals surface area contributed by atoms with Crippen LogP contribution in [0.1, 0.15) is 11.7 Å². The minimum Gasteiger partial charge on any atom is -0.387 e. The van der Waals surface area contributed by atoms with Crippen LogP contribution in [0.5, 0.6) is 0 Å². The molecule has 0 spiro atoms. The first-order valence-electron chi connectivity index (χ1n) is 4.44. The second kappa shape index (κ2) is 4.95. The Morgan fingerprint density at radius 1 is 1.56 bits per heavy atom. The van der Waals surface area contributed by atoms with E-state index in [1.807, 2.05) is 0 Å². The van der Waals surface area contributed by atoms with Crippen molar-refractivity contribution in [3.8, 4) is 0 Å². The summed E-state index contributed by atoms with van der Waals surface area (Å²) in [5.74, 6) is -2.35. The number of aliphatic hydroxyl groups is 1. The smallest absolute Gasteiger partial charge is 0.305 e. The summed E-state index contributed by atoms with van der Waals surface area (Å²) in [5, 5.41) is 22.4. The van der Waals surface area contributed by atoms with E-state index in [4.69, 9.17) is 0 Å². The Morgan fingerprint density at radius 3 is 2.69 bits per heavy atom. The maximum Gasteiger partial charge on any atom is 0.305 e. The molecular weight excluding hydrogens is 222 g/mol. The number of rotatable bonds is 4. The first-order valence-corrected chi connectivity index (χ1v) is 4.44.